The maximum Gasteiger partial charge on any atom is 0.257 e. The van der Waals surface area contributed by atoms with Gasteiger partial charge in [0, 0.05) is 6.54 Å². The molecule has 0 unspecified atom stereocenters. The van der Waals surface area contributed by atoms with E-state index >= 15 is 0 Å². The monoisotopic (exact) mass is 272 g/mol. The smallest absolute Gasteiger partial charge is 0.257 e. The standard InChI is InChI=1S/C11H16N2O4S/c1-3-13-11(14)7-17-9-4-5-10(8(2)6-9)18(12,15)16/h4-6H,3,7H2,1-2H3,(H,13,14)(H2,12,15,16). The Kier molecular flexibility index (Phi) is 4.69. The number of carbonyl (C=O) groups excluding carboxylic acids is 1. The van der Waals surface area contributed by atoms with Crippen LogP contribution in [-0.4, -0.2) is 27.5 Å². The Morgan fingerprint density at radius 2 is 2.11 bits per heavy atom. The minimum Gasteiger partial charge on any atom is -0.484 e. The first-order valence-electron chi connectivity index (χ1n) is 5.37. The number of ether oxygens (including phenoxy) is 1. The van der Waals surface area contributed by atoms with Crippen LogP contribution in [0.15, 0.2) is 23.1 Å². The summed E-state index contributed by atoms with van der Waals surface area (Å²) < 4.78 is 27.6. The fraction of sp³-hybridized carbons (Fsp3) is 0.364. The van der Waals surface area contributed by atoms with Crippen molar-refractivity contribution in [1.82, 2.24) is 5.32 Å². The molecule has 1 aromatic rings. The lowest BCUT2D eigenvalue weighted by molar-refractivity contribution is -0.122. The summed E-state index contributed by atoms with van der Waals surface area (Å²) in [6.07, 6.45) is 0. The maximum atomic E-state index is 11.2. The Morgan fingerprint density at radius 1 is 1.44 bits per heavy atom. The Hall–Kier alpha value is -1.60. The average Bonchev–Trinajstić information content (AvgIpc) is 2.25. The summed E-state index contributed by atoms with van der Waals surface area (Å²) in [6, 6.07) is 4.35. The molecule has 0 aliphatic heterocycles. The van der Waals surface area contributed by atoms with E-state index in [-0.39, 0.29) is 17.4 Å². The van der Waals surface area contributed by atoms with Crippen LogP contribution in [0.1, 0.15) is 12.5 Å². The van der Waals surface area contributed by atoms with Gasteiger partial charge in [0.15, 0.2) is 6.61 Å². The molecule has 0 aliphatic rings. The number of carbonyl (C=O) groups is 1. The summed E-state index contributed by atoms with van der Waals surface area (Å²) >= 11 is 0. The molecule has 1 amide bonds. The lowest BCUT2D eigenvalue weighted by Crippen LogP contribution is -2.28. The van der Waals surface area contributed by atoms with Crippen LogP contribution in [-0.2, 0) is 14.8 Å². The molecule has 0 saturated heterocycles. The number of nitrogens with one attached hydrogen (secondary N) is 1. The molecule has 18 heavy (non-hydrogen) atoms. The van der Waals surface area contributed by atoms with Crippen molar-refractivity contribution >= 4 is 15.9 Å². The second-order valence-electron chi connectivity index (χ2n) is 3.71. The van der Waals surface area contributed by atoms with Crippen molar-refractivity contribution in [3.05, 3.63) is 23.8 Å². The third-order valence-electron chi connectivity index (χ3n) is 2.20. The second-order valence-corrected chi connectivity index (χ2v) is 5.24. The molecule has 100 valence electrons. The fourth-order valence-electron chi connectivity index (χ4n) is 1.43. The summed E-state index contributed by atoms with van der Waals surface area (Å²) in [7, 11) is -3.72. The molecule has 0 saturated carbocycles. The summed E-state index contributed by atoms with van der Waals surface area (Å²) in [5.41, 5.74) is 0.478. The first kappa shape index (κ1) is 14.5. The molecular weight excluding hydrogens is 256 g/mol. The van der Waals surface area contributed by atoms with E-state index in [9.17, 15) is 13.2 Å². The number of likely N-dealkylation sites (N-methyl/N-ethyl adjacent to an activating group) is 1. The number of hydrogen-bond acceptors (Lipinski definition) is 4. The average molecular weight is 272 g/mol. The molecule has 7 heteroatoms. The zero-order valence-corrected chi connectivity index (χ0v) is 11.1. The van der Waals surface area contributed by atoms with Crippen molar-refractivity contribution in [3.8, 4) is 5.75 Å². The third kappa shape index (κ3) is 4.01. The summed E-state index contributed by atoms with van der Waals surface area (Å²) in [4.78, 5) is 11.2. The summed E-state index contributed by atoms with van der Waals surface area (Å²) in [5, 5.41) is 7.62. The Labute approximate surface area is 106 Å². The first-order valence-corrected chi connectivity index (χ1v) is 6.92. The second kappa shape index (κ2) is 5.83. The molecule has 0 aromatic heterocycles. The van der Waals surface area contributed by atoms with Crippen LogP contribution in [0, 0.1) is 6.92 Å². The van der Waals surface area contributed by atoms with Crippen LogP contribution in [0.5, 0.6) is 5.75 Å². The lowest BCUT2D eigenvalue weighted by atomic mass is 10.2. The van der Waals surface area contributed by atoms with E-state index in [1.165, 1.54) is 18.2 Å². The predicted octanol–water partition coefficient (Wildman–Crippen LogP) is 0.157. The van der Waals surface area contributed by atoms with Gasteiger partial charge >= 0.3 is 0 Å². The quantitative estimate of drug-likeness (QED) is 0.797. The molecule has 0 bridgehead atoms. The summed E-state index contributed by atoms with van der Waals surface area (Å²) in [5.74, 6) is 0.192. The molecule has 1 rings (SSSR count). The normalized spacial score (nSPS) is 11.1. The van der Waals surface area contributed by atoms with E-state index in [1.807, 2.05) is 6.92 Å². The topological polar surface area (TPSA) is 98.5 Å². The number of sulfonamides is 1. The number of amides is 1. The number of primary sulfonamides is 1. The molecule has 0 radical (unpaired) electrons. The molecule has 0 atom stereocenters. The Bertz CT molecular complexity index is 540. The van der Waals surface area contributed by atoms with Crippen LogP contribution >= 0.6 is 0 Å². The molecule has 0 aliphatic carbocycles. The van der Waals surface area contributed by atoms with Gasteiger partial charge in [-0.1, -0.05) is 0 Å². The van der Waals surface area contributed by atoms with E-state index in [0.717, 1.165) is 0 Å². The first-order chi connectivity index (χ1) is 8.34. The van der Waals surface area contributed by atoms with Crippen LogP contribution in [0.2, 0.25) is 0 Å². The van der Waals surface area contributed by atoms with Crippen LogP contribution < -0.4 is 15.2 Å². The summed E-state index contributed by atoms with van der Waals surface area (Å²) in [6.45, 7) is 3.84. The number of nitrogens with two attached hydrogens (primary N) is 1. The van der Waals surface area contributed by atoms with Gasteiger partial charge < -0.3 is 10.1 Å². The van der Waals surface area contributed by atoms with E-state index in [1.54, 1.807) is 6.92 Å². The largest absolute Gasteiger partial charge is 0.484 e. The lowest BCUT2D eigenvalue weighted by Gasteiger charge is -2.08. The molecule has 0 heterocycles. The molecular formula is C11H16N2O4S. The van der Waals surface area contributed by atoms with Gasteiger partial charge in [-0.2, -0.15) is 0 Å². The number of hydrogen-bond donors (Lipinski definition) is 2. The molecule has 3 N–H and O–H groups in total. The zero-order chi connectivity index (χ0) is 13.8. The number of aryl methyl sites for hydroxylation is 1. The van der Waals surface area contributed by atoms with Crippen LogP contribution in [0.4, 0.5) is 0 Å². The minimum absolute atomic E-state index is 0.0489. The minimum atomic E-state index is -3.72. The van der Waals surface area contributed by atoms with Crippen molar-refractivity contribution in [3.63, 3.8) is 0 Å². The molecule has 0 spiro atoms. The highest BCUT2D eigenvalue weighted by molar-refractivity contribution is 7.89. The van der Waals surface area contributed by atoms with Gasteiger partial charge in [0.05, 0.1) is 4.90 Å². The van der Waals surface area contributed by atoms with Crippen LogP contribution in [0.25, 0.3) is 0 Å². The van der Waals surface area contributed by atoms with Gasteiger partial charge in [0.25, 0.3) is 5.91 Å². The predicted molar refractivity (Wildman–Crippen MR) is 66.7 cm³/mol. The van der Waals surface area contributed by atoms with Crippen LogP contribution in [0.3, 0.4) is 0 Å². The van der Waals surface area contributed by atoms with Crippen molar-refractivity contribution in [2.45, 2.75) is 18.7 Å². The maximum absolute atomic E-state index is 11.2. The zero-order valence-electron chi connectivity index (χ0n) is 10.3. The van der Waals surface area contributed by atoms with E-state index < -0.39 is 10.0 Å². The SMILES string of the molecule is CCNC(=O)COc1ccc(S(N)(=O)=O)c(C)c1. The van der Waals surface area contributed by atoms with E-state index in [0.29, 0.717) is 17.9 Å². The van der Waals surface area contributed by atoms with Crippen molar-refractivity contribution < 1.29 is 17.9 Å². The van der Waals surface area contributed by atoms with Gasteiger partial charge in [-0.15, -0.1) is 0 Å². The van der Waals surface area contributed by atoms with Crippen molar-refractivity contribution in [2.24, 2.45) is 5.14 Å². The van der Waals surface area contributed by atoms with Crippen molar-refractivity contribution in [2.75, 3.05) is 13.2 Å². The highest BCUT2D eigenvalue weighted by Gasteiger charge is 2.12. The number of rotatable bonds is 5. The highest BCUT2D eigenvalue weighted by atomic mass is 32.2. The Morgan fingerprint density at radius 3 is 2.61 bits per heavy atom. The molecule has 1 aromatic carbocycles. The van der Waals surface area contributed by atoms with Gasteiger partial charge in [-0.05, 0) is 37.6 Å². The van der Waals surface area contributed by atoms with E-state index in [2.05, 4.69) is 5.32 Å². The molecule has 6 nitrogen and oxygen atoms in total. The van der Waals surface area contributed by atoms with Gasteiger partial charge in [0.1, 0.15) is 5.75 Å². The van der Waals surface area contributed by atoms with Crippen molar-refractivity contribution in [1.29, 1.82) is 0 Å². The van der Waals surface area contributed by atoms with Gasteiger partial charge in [-0.3, -0.25) is 4.79 Å². The third-order valence-corrected chi connectivity index (χ3v) is 3.27. The highest BCUT2D eigenvalue weighted by Crippen LogP contribution is 2.19. The molecule has 0 fully saturated rings. The van der Waals surface area contributed by atoms with Gasteiger partial charge in [0.2, 0.25) is 10.0 Å². The van der Waals surface area contributed by atoms with Gasteiger partial charge in [-0.25, -0.2) is 13.6 Å². The van der Waals surface area contributed by atoms with E-state index in [4.69, 9.17) is 9.88 Å². The Balaban J connectivity index is 2.77. The number of benzene rings is 1. The fourth-order valence-corrected chi connectivity index (χ4v) is 2.19.